The van der Waals surface area contributed by atoms with E-state index in [1.54, 1.807) is 19.2 Å². The average Bonchev–Trinajstić information content (AvgIpc) is 3.06. The summed E-state index contributed by atoms with van der Waals surface area (Å²) in [5, 5.41) is 13.7. The summed E-state index contributed by atoms with van der Waals surface area (Å²) in [4.78, 5) is 15.0. The number of hydrogen-bond acceptors (Lipinski definition) is 7. The Labute approximate surface area is 153 Å². The first-order valence-corrected chi connectivity index (χ1v) is 8.57. The van der Waals surface area contributed by atoms with Crippen LogP contribution in [0.25, 0.3) is 10.2 Å². The summed E-state index contributed by atoms with van der Waals surface area (Å²) in [6.07, 6.45) is 0. The molecule has 134 valence electrons. The van der Waals surface area contributed by atoms with E-state index in [-0.39, 0.29) is 6.61 Å². The molecule has 2 aromatic carbocycles. The molecular formula is C18H17N3O4S. The van der Waals surface area contributed by atoms with Gasteiger partial charge in [0.25, 0.3) is 0 Å². The number of carbonyl (C=O) groups is 1. The van der Waals surface area contributed by atoms with Gasteiger partial charge in [-0.3, -0.25) is 5.43 Å². The number of thiazole rings is 1. The second kappa shape index (κ2) is 7.83. The molecule has 0 amide bonds. The van der Waals surface area contributed by atoms with Crippen LogP contribution in [0.5, 0.6) is 11.5 Å². The number of aliphatic carboxylic acids is 1. The van der Waals surface area contributed by atoms with E-state index in [1.807, 2.05) is 37.3 Å². The summed E-state index contributed by atoms with van der Waals surface area (Å²) in [7, 11) is 1.63. The molecule has 8 heteroatoms. The predicted molar refractivity (Wildman–Crippen MR) is 102 cm³/mol. The van der Waals surface area contributed by atoms with E-state index in [2.05, 4.69) is 15.5 Å². The van der Waals surface area contributed by atoms with Gasteiger partial charge in [-0.2, -0.15) is 5.10 Å². The minimum Gasteiger partial charge on any atom is -0.497 e. The predicted octanol–water partition coefficient (Wildman–Crippen LogP) is 3.60. The van der Waals surface area contributed by atoms with Gasteiger partial charge < -0.3 is 14.6 Å². The molecule has 3 aromatic rings. The molecule has 0 bridgehead atoms. The van der Waals surface area contributed by atoms with E-state index < -0.39 is 5.97 Å². The Morgan fingerprint density at radius 3 is 2.65 bits per heavy atom. The topological polar surface area (TPSA) is 93.0 Å². The van der Waals surface area contributed by atoms with Crippen molar-refractivity contribution in [3.05, 3.63) is 48.0 Å². The summed E-state index contributed by atoms with van der Waals surface area (Å²) in [6.45, 7) is 1.51. The number of anilines is 1. The number of carboxylic acid groups (broad SMARTS) is 1. The second-order valence-corrected chi connectivity index (χ2v) is 6.40. The van der Waals surface area contributed by atoms with E-state index in [0.29, 0.717) is 10.9 Å². The van der Waals surface area contributed by atoms with Crippen molar-refractivity contribution >= 4 is 38.4 Å². The zero-order valence-corrected chi connectivity index (χ0v) is 15.0. The van der Waals surface area contributed by atoms with Gasteiger partial charge in [0.05, 0.1) is 23.0 Å². The molecule has 0 aliphatic heterocycles. The second-order valence-electron chi connectivity index (χ2n) is 5.37. The lowest BCUT2D eigenvalue weighted by Gasteiger charge is -2.05. The number of hydrogen-bond donors (Lipinski definition) is 2. The van der Waals surface area contributed by atoms with Crippen molar-refractivity contribution in [1.29, 1.82) is 0 Å². The number of ether oxygens (including phenoxy) is 2. The van der Waals surface area contributed by atoms with Crippen molar-refractivity contribution in [2.75, 3.05) is 19.1 Å². The van der Waals surface area contributed by atoms with Gasteiger partial charge in [-0.05, 0) is 55.0 Å². The van der Waals surface area contributed by atoms with Crippen LogP contribution in [0.15, 0.2) is 47.6 Å². The third kappa shape index (κ3) is 4.28. The number of fused-ring (bicyclic) bond motifs is 1. The van der Waals surface area contributed by atoms with E-state index in [0.717, 1.165) is 27.2 Å². The molecule has 0 aliphatic carbocycles. The van der Waals surface area contributed by atoms with E-state index >= 15 is 0 Å². The van der Waals surface area contributed by atoms with Crippen LogP contribution in [0, 0.1) is 0 Å². The summed E-state index contributed by atoms with van der Waals surface area (Å²) >= 11 is 1.49. The zero-order valence-electron chi connectivity index (χ0n) is 14.2. The molecule has 3 rings (SSSR count). The van der Waals surface area contributed by atoms with Gasteiger partial charge in [-0.1, -0.05) is 11.3 Å². The summed E-state index contributed by atoms with van der Waals surface area (Å²) < 4.78 is 11.3. The lowest BCUT2D eigenvalue weighted by atomic mass is 10.1. The first kappa shape index (κ1) is 17.7. The normalized spacial score (nSPS) is 11.4. The maximum atomic E-state index is 10.5. The molecule has 2 N–H and O–H groups in total. The van der Waals surface area contributed by atoms with Gasteiger partial charge >= 0.3 is 5.97 Å². The third-order valence-electron chi connectivity index (χ3n) is 3.55. The van der Waals surface area contributed by atoms with Crippen LogP contribution in [0.1, 0.15) is 12.5 Å². The number of nitrogens with one attached hydrogen (secondary N) is 1. The Hall–Kier alpha value is -3.13. The molecule has 1 heterocycles. The highest BCUT2D eigenvalue weighted by molar-refractivity contribution is 7.22. The number of aromatic nitrogens is 1. The van der Waals surface area contributed by atoms with Gasteiger partial charge in [0.1, 0.15) is 11.5 Å². The summed E-state index contributed by atoms with van der Waals surface area (Å²) in [5.74, 6) is 0.277. The van der Waals surface area contributed by atoms with Crippen LogP contribution < -0.4 is 14.9 Å². The Balaban J connectivity index is 1.68. The number of methoxy groups -OCH3 is 1. The molecule has 0 saturated heterocycles. The minimum absolute atomic E-state index is 0.365. The highest BCUT2D eigenvalue weighted by Crippen LogP contribution is 2.29. The Kier molecular flexibility index (Phi) is 5.33. The molecule has 7 nitrogen and oxygen atoms in total. The molecule has 26 heavy (non-hydrogen) atoms. The molecule has 0 fully saturated rings. The Morgan fingerprint density at radius 1 is 1.23 bits per heavy atom. The van der Waals surface area contributed by atoms with E-state index in [1.165, 1.54) is 11.3 Å². The first-order chi connectivity index (χ1) is 12.5. The average molecular weight is 371 g/mol. The van der Waals surface area contributed by atoms with Gasteiger partial charge in [0.15, 0.2) is 6.61 Å². The van der Waals surface area contributed by atoms with Crippen LogP contribution in [0.3, 0.4) is 0 Å². The highest BCUT2D eigenvalue weighted by Gasteiger charge is 2.05. The SMILES string of the molecule is COc1ccc2nc(N/N=C(\C)c3ccc(OCC(=O)O)cc3)sc2c1. The van der Waals surface area contributed by atoms with E-state index in [9.17, 15) is 4.79 Å². The third-order valence-corrected chi connectivity index (χ3v) is 4.47. The van der Waals surface area contributed by atoms with E-state index in [4.69, 9.17) is 14.6 Å². The van der Waals surface area contributed by atoms with Crippen molar-refractivity contribution in [3.63, 3.8) is 0 Å². The largest absolute Gasteiger partial charge is 0.497 e. The monoisotopic (exact) mass is 371 g/mol. The number of benzene rings is 2. The molecule has 0 spiro atoms. The molecule has 0 atom stereocenters. The van der Waals surface area contributed by atoms with Gasteiger partial charge in [-0.25, -0.2) is 9.78 Å². The van der Waals surface area contributed by atoms with Gasteiger partial charge in [0, 0.05) is 0 Å². The minimum atomic E-state index is -1.01. The van der Waals surface area contributed by atoms with Crippen LogP contribution in [-0.2, 0) is 4.79 Å². The fraction of sp³-hybridized carbons (Fsp3) is 0.167. The lowest BCUT2D eigenvalue weighted by Crippen LogP contribution is -2.09. The van der Waals surface area contributed by atoms with Crippen LogP contribution in [0.4, 0.5) is 5.13 Å². The van der Waals surface area contributed by atoms with Gasteiger partial charge in [0.2, 0.25) is 5.13 Å². The van der Waals surface area contributed by atoms with Crippen molar-refractivity contribution in [2.24, 2.45) is 5.10 Å². The Morgan fingerprint density at radius 2 is 1.96 bits per heavy atom. The van der Waals surface area contributed by atoms with Crippen LogP contribution in [0.2, 0.25) is 0 Å². The lowest BCUT2D eigenvalue weighted by molar-refractivity contribution is -0.139. The number of hydrazone groups is 1. The van der Waals surface area contributed by atoms with Crippen molar-refractivity contribution in [3.8, 4) is 11.5 Å². The van der Waals surface area contributed by atoms with Crippen molar-refractivity contribution in [2.45, 2.75) is 6.92 Å². The quantitative estimate of drug-likeness (QED) is 0.487. The van der Waals surface area contributed by atoms with Gasteiger partial charge in [-0.15, -0.1) is 0 Å². The number of nitrogens with zero attached hydrogens (tertiary/aromatic N) is 2. The molecule has 0 aliphatic rings. The van der Waals surface area contributed by atoms with Crippen LogP contribution in [-0.4, -0.2) is 35.5 Å². The summed E-state index contributed by atoms with van der Waals surface area (Å²) in [6, 6.07) is 12.8. The maximum absolute atomic E-state index is 10.5. The molecule has 0 unspecified atom stereocenters. The van der Waals surface area contributed by atoms with Crippen molar-refractivity contribution in [1.82, 2.24) is 4.98 Å². The standard InChI is InChI=1S/C18H17N3O4S/c1-11(12-3-5-13(6-4-12)25-10-17(22)23)20-21-18-19-15-8-7-14(24-2)9-16(15)26-18/h3-9H,10H2,1-2H3,(H,19,21)(H,22,23)/b20-11+. The number of carboxylic acids is 1. The zero-order chi connectivity index (χ0) is 18.5. The highest BCUT2D eigenvalue weighted by atomic mass is 32.1. The smallest absolute Gasteiger partial charge is 0.341 e. The summed E-state index contributed by atoms with van der Waals surface area (Å²) in [5.41, 5.74) is 5.51. The Bertz CT molecular complexity index is 951. The number of rotatable bonds is 7. The molecular weight excluding hydrogens is 354 g/mol. The molecule has 0 radical (unpaired) electrons. The molecule has 1 aromatic heterocycles. The maximum Gasteiger partial charge on any atom is 0.341 e. The fourth-order valence-corrected chi connectivity index (χ4v) is 3.05. The molecule has 0 saturated carbocycles. The van der Waals surface area contributed by atoms with Crippen LogP contribution >= 0.6 is 11.3 Å². The first-order valence-electron chi connectivity index (χ1n) is 7.75. The van der Waals surface area contributed by atoms with Crippen molar-refractivity contribution < 1.29 is 19.4 Å². The fourth-order valence-electron chi connectivity index (χ4n) is 2.21.